The first-order valence-electron chi connectivity index (χ1n) is 5.84. The van der Waals surface area contributed by atoms with E-state index in [1.165, 1.54) is 13.0 Å². The van der Waals surface area contributed by atoms with Crippen molar-refractivity contribution in [2.24, 2.45) is 5.92 Å². The topological polar surface area (TPSA) is 35.5 Å². The third kappa shape index (κ3) is 4.21. The maximum absolute atomic E-state index is 12.5. The number of benzene rings is 1. The molecule has 3 nitrogen and oxygen atoms in total. The van der Waals surface area contributed by atoms with Crippen LogP contribution < -0.4 is 9.47 Å². The van der Waals surface area contributed by atoms with Gasteiger partial charge in [-0.15, -0.1) is 0 Å². The van der Waals surface area contributed by atoms with E-state index in [0.29, 0.717) is 0 Å². The minimum Gasteiger partial charge on any atom is -0.489 e. The zero-order valence-electron chi connectivity index (χ0n) is 11.2. The maximum atomic E-state index is 12.5. The summed E-state index contributed by atoms with van der Waals surface area (Å²) in [6, 6.07) is 1.26. The van der Waals surface area contributed by atoms with Gasteiger partial charge in [0.1, 0.15) is 0 Å². The van der Waals surface area contributed by atoms with Crippen molar-refractivity contribution in [2.45, 2.75) is 27.4 Å². The number of halogens is 4. The van der Waals surface area contributed by atoms with Gasteiger partial charge in [-0.3, -0.25) is 4.79 Å². The van der Waals surface area contributed by atoms with Gasteiger partial charge in [0.25, 0.3) is 0 Å². The van der Waals surface area contributed by atoms with Crippen molar-refractivity contribution < 1.29 is 23.0 Å². The van der Waals surface area contributed by atoms with Crippen LogP contribution in [0.2, 0.25) is 10.0 Å². The predicted octanol–water partition coefficient (Wildman–Crippen LogP) is 4.83. The Kier molecular flexibility index (Phi) is 6.02. The van der Waals surface area contributed by atoms with Gasteiger partial charge in [-0.05, 0) is 12.8 Å². The molecule has 0 radical (unpaired) electrons. The number of carbonyl (C=O) groups is 1. The van der Waals surface area contributed by atoms with Crippen LogP contribution in [0.4, 0.5) is 8.78 Å². The molecule has 1 rings (SSSR count). The molecule has 0 saturated carbocycles. The molecule has 0 saturated heterocycles. The fraction of sp³-hybridized carbons (Fsp3) is 0.462. The van der Waals surface area contributed by atoms with Crippen LogP contribution in [-0.2, 0) is 0 Å². The molecule has 0 N–H and O–H groups in total. The molecule has 0 unspecified atom stereocenters. The van der Waals surface area contributed by atoms with E-state index in [0.717, 1.165) is 0 Å². The smallest absolute Gasteiger partial charge is 0.387 e. The Morgan fingerprint density at radius 2 is 1.95 bits per heavy atom. The highest BCUT2D eigenvalue weighted by Crippen LogP contribution is 2.42. The summed E-state index contributed by atoms with van der Waals surface area (Å²) in [5.41, 5.74) is -0.210. The molecule has 0 fully saturated rings. The third-order valence-electron chi connectivity index (χ3n) is 2.27. The summed E-state index contributed by atoms with van der Waals surface area (Å²) < 4.78 is 34.8. The highest BCUT2D eigenvalue weighted by atomic mass is 35.5. The van der Waals surface area contributed by atoms with Gasteiger partial charge in [-0.2, -0.15) is 8.78 Å². The Morgan fingerprint density at radius 1 is 1.35 bits per heavy atom. The number of carbonyl (C=O) groups excluding carboxylic acids is 1. The molecule has 112 valence electrons. The Morgan fingerprint density at radius 3 is 2.40 bits per heavy atom. The lowest BCUT2D eigenvalue weighted by molar-refractivity contribution is -0.0518. The van der Waals surface area contributed by atoms with Crippen LogP contribution in [0.1, 0.15) is 31.1 Å². The molecule has 0 amide bonds. The number of hydrogen-bond donors (Lipinski definition) is 0. The van der Waals surface area contributed by atoms with Crippen LogP contribution in [0, 0.1) is 5.92 Å². The number of ketones is 1. The molecule has 20 heavy (non-hydrogen) atoms. The Balaban J connectivity index is 3.36. The molecule has 0 aliphatic rings. The van der Waals surface area contributed by atoms with Crippen LogP contribution in [0.3, 0.4) is 0 Å². The molecule has 0 aliphatic carbocycles. The summed E-state index contributed by atoms with van der Waals surface area (Å²) in [7, 11) is 0. The molecule has 0 bridgehead atoms. The first-order valence-corrected chi connectivity index (χ1v) is 6.60. The summed E-state index contributed by atoms with van der Waals surface area (Å²) in [6.07, 6.45) is 0. The molecule has 0 atom stereocenters. The summed E-state index contributed by atoms with van der Waals surface area (Å²) >= 11 is 11.8. The lowest BCUT2D eigenvalue weighted by Gasteiger charge is -2.17. The van der Waals surface area contributed by atoms with Crippen molar-refractivity contribution in [3.63, 3.8) is 0 Å². The maximum Gasteiger partial charge on any atom is 0.387 e. The number of rotatable bonds is 6. The molecule has 0 spiro atoms. The van der Waals surface area contributed by atoms with E-state index >= 15 is 0 Å². The molecular weight excluding hydrogens is 313 g/mol. The summed E-state index contributed by atoms with van der Waals surface area (Å²) in [4.78, 5) is 11.6. The van der Waals surface area contributed by atoms with E-state index in [1.807, 2.05) is 13.8 Å². The van der Waals surface area contributed by atoms with E-state index < -0.39 is 12.4 Å². The standard InChI is InChI=1S/C13H14Cl2F2O3/c1-6(2)5-19-9-4-8(14)11(15)10(7(3)18)12(9)20-13(16)17/h4,6,13H,5H2,1-3H3. The van der Waals surface area contributed by atoms with Crippen LogP contribution in [0.25, 0.3) is 0 Å². The van der Waals surface area contributed by atoms with Gasteiger partial charge in [0, 0.05) is 6.07 Å². The van der Waals surface area contributed by atoms with Crippen LogP contribution in [0.15, 0.2) is 6.07 Å². The predicted molar refractivity (Wildman–Crippen MR) is 73.4 cm³/mol. The summed E-state index contributed by atoms with van der Waals surface area (Å²) in [6.45, 7) is 2.11. The monoisotopic (exact) mass is 326 g/mol. The summed E-state index contributed by atoms with van der Waals surface area (Å²) in [5, 5.41) is -0.0936. The van der Waals surface area contributed by atoms with Crippen molar-refractivity contribution >= 4 is 29.0 Å². The number of alkyl halides is 2. The van der Waals surface area contributed by atoms with E-state index in [9.17, 15) is 13.6 Å². The highest BCUT2D eigenvalue weighted by molar-refractivity contribution is 6.44. The molecule has 7 heteroatoms. The largest absolute Gasteiger partial charge is 0.489 e. The lowest BCUT2D eigenvalue weighted by atomic mass is 10.1. The van der Waals surface area contributed by atoms with E-state index in [4.69, 9.17) is 27.9 Å². The fourth-order valence-corrected chi connectivity index (χ4v) is 1.94. The van der Waals surface area contributed by atoms with Crippen molar-refractivity contribution in [2.75, 3.05) is 6.61 Å². The molecule has 1 aromatic rings. The van der Waals surface area contributed by atoms with Crippen molar-refractivity contribution in [3.8, 4) is 11.5 Å². The van der Waals surface area contributed by atoms with Crippen molar-refractivity contribution in [3.05, 3.63) is 21.7 Å². The average Bonchev–Trinajstić information content (AvgIpc) is 2.30. The first kappa shape index (κ1) is 17.0. The van der Waals surface area contributed by atoms with Gasteiger partial charge in [0.05, 0.1) is 22.2 Å². The van der Waals surface area contributed by atoms with Gasteiger partial charge >= 0.3 is 6.61 Å². The van der Waals surface area contributed by atoms with Gasteiger partial charge in [-0.1, -0.05) is 37.0 Å². The molecule has 0 heterocycles. The van der Waals surface area contributed by atoms with Crippen molar-refractivity contribution in [1.29, 1.82) is 0 Å². The normalized spacial score (nSPS) is 11.1. The minimum atomic E-state index is -3.10. The number of Topliss-reactive ketones (excluding diaryl/α,β-unsaturated/α-hetero) is 1. The molecule has 0 aliphatic heterocycles. The molecular formula is C13H14Cl2F2O3. The van der Waals surface area contributed by atoms with Gasteiger partial charge in [-0.25, -0.2) is 0 Å². The molecule has 1 aromatic carbocycles. The summed E-state index contributed by atoms with van der Waals surface area (Å²) in [5.74, 6) is -0.798. The lowest BCUT2D eigenvalue weighted by Crippen LogP contribution is -2.11. The Hall–Kier alpha value is -1.07. The quantitative estimate of drug-likeness (QED) is 0.702. The fourth-order valence-electron chi connectivity index (χ4n) is 1.47. The number of hydrogen-bond acceptors (Lipinski definition) is 3. The van der Waals surface area contributed by atoms with Crippen LogP contribution in [-0.4, -0.2) is 19.0 Å². The second kappa shape index (κ2) is 7.09. The zero-order chi connectivity index (χ0) is 15.4. The first-order chi connectivity index (χ1) is 9.23. The van der Waals surface area contributed by atoms with Gasteiger partial charge < -0.3 is 9.47 Å². The van der Waals surface area contributed by atoms with E-state index in [2.05, 4.69) is 4.74 Å². The highest BCUT2D eigenvalue weighted by Gasteiger charge is 2.24. The van der Waals surface area contributed by atoms with Crippen molar-refractivity contribution in [1.82, 2.24) is 0 Å². The third-order valence-corrected chi connectivity index (χ3v) is 3.06. The SMILES string of the molecule is CC(=O)c1c(Cl)c(Cl)cc(OCC(C)C)c1OC(F)F. The van der Waals surface area contributed by atoms with E-state index in [-0.39, 0.29) is 39.6 Å². The van der Waals surface area contributed by atoms with Gasteiger partial charge in [0.15, 0.2) is 17.3 Å². The van der Waals surface area contributed by atoms with Crippen LogP contribution >= 0.6 is 23.2 Å². The number of ether oxygens (including phenoxy) is 2. The Bertz CT molecular complexity index is 505. The second-order valence-electron chi connectivity index (χ2n) is 4.51. The Labute approximate surface area is 125 Å². The van der Waals surface area contributed by atoms with Crippen LogP contribution in [0.5, 0.6) is 11.5 Å². The van der Waals surface area contributed by atoms with Gasteiger partial charge in [0.2, 0.25) is 0 Å². The zero-order valence-corrected chi connectivity index (χ0v) is 12.7. The molecule has 0 aromatic heterocycles. The second-order valence-corrected chi connectivity index (χ2v) is 5.30. The minimum absolute atomic E-state index is 0.0291. The van der Waals surface area contributed by atoms with E-state index in [1.54, 1.807) is 0 Å². The average molecular weight is 327 g/mol.